The molecule has 0 spiro atoms. The van der Waals surface area contributed by atoms with Gasteiger partial charge in [-0.2, -0.15) is 0 Å². The second-order valence-corrected chi connectivity index (χ2v) is 4.65. The van der Waals surface area contributed by atoms with Crippen molar-refractivity contribution in [1.82, 2.24) is 0 Å². The van der Waals surface area contributed by atoms with Crippen molar-refractivity contribution in [3.63, 3.8) is 0 Å². The first kappa shape index (κ1) is 11.4. The lowest BCUT2D eigenvalue weighted by atomic mass is 9.95. The number of hydrogen-bond acceptors (Lipinski definition) is 2. The van der Waals surface area contributed by atoms with E-state index < -0.39 is 23.0 Å². The Morgan fingerprint density at radius 1 is 1.44 bits per heavy atom. The van der Waals surface area contributed by atoms with Crippen molar-refractivity contribution >= 4 is 17.7 Å². The fraction of sp³-hybridized carbons (Fsp3) is 0.364. The Morgan fingerprint density at radius 2 is 2.06 bits per heavy atom. The molecule has 86 valence electrons. The molecule has 1 N–H and O–H groups in total. The number of carbonyl (C=O) groups is 1. The average Bonchev–Trinajstić information content (AvgIpc) is 2.99. The van der Waals surface area contributed by atoms with Crippen LogP contribution in [-0.2, 0) is 10.2 Å². The first-order valence-corrected chi connectivity index (χ1v) is 6.01. The molecule has 0 aliphatic heterocycles. The van der Waals surface area contributed by atoms with Crippen LogP contribution in [0.25, 0.3) is 0 Å². The van der Waals surface area contributed by atoms with Crippen molar-refractivity contribution in [2.45, 2.75) is 23.2 Å². The zero-order chi connectivity index (χ0) is 11.9. The van der Waals surface area contributed by atoms with Crippen molar-refractivity contribution in [3.8, 4) is 0 Å². The van der Waals surface area contributed by atoms with Gasteiger partial charge in [-0.15, -0.1) is 11.8 Å². The fourth-order valence-electron chi connectivity index (χ4n) is 1.81. The molecule has 0 aromatic heterocycles. The lowest BCUT2D eigenvalue weighted by Crippen LogP contribution is -2.21. The Morgan fingerprint density at radius 3 is 2.50 bits per heavy atom. The molecule has 0 unspecified atom stereocenters. The minimum Gasteiger partial charge on any atom is -0.481 e. The third kappa shape index (κ3) is 1.50. The molecule has 16 heavy (non-hydrogen) atoms. The number of thioether (sulfide) groups is 1. The van der Waals surface area contributed by atoms with Crippen LogP contribution in [0.2, 0.25) is 0 Å². The van der Waals surface area contributed by atoms with Crippen LogP contribution in [0.3, 0.4) is 0 Å². The van der Waals surface area contributed by atoms with Crippen LogP contribution in [0.5, 0.6) is 0 Å². The molecule has 0 saturated heterocycles. The van der Waals surface area contributed by atoms with Crippen LogP contribution in [0.4, 0.5) is 8.78 Å². The van der Waals surface area contributed by atoms with Gasteiger partial charge in [0.2, 0.25) is 0 Å². The summed E-state index contributed by atoms with van der Waals surface area (Å²) in [5.74, 6) is -2.41. The van der Waals surface area contributed by atoms with Gasteiger partial charge < -0.3 is 5.11 Å². The highest BCUT2D eigenvalue weighted by atomic mass is 32.2. The molecule has 0 amide bonds. The largest absolute Gasteiger partial charge is 0.481 e. The molecule has 1 saturated carbocycles. The molecular weight excluding hydrogens is 234 g/mol. The summed E-state index contributed by atoms with van der Waals surface area (Å²) in [5.41, 5.74) is -1.02. The van der Waals surface area contributed by atoms with Crippen molar-refractivity contribution in [2.24, 2.45) is 0 Å². The van der Waals surface area contributed by atoms with Crippen LogP contribution in [0.1, 0.15) is 18.4 Å². The van der Waals surface area contributed by atoms with E-state index in [0.717, 1.165) is 17.8 Å². The number of carboxylic acid groups (broad SMARTS) is 1. The van der Waals surface area contributed by atoms with Crippen LogP contribution in [0.15, 0.2) is 17.0 Å². The second-order valence-electron chi connectivity index (χ2n) is 3.83. The SMILES string of the molecule is CSc1c(F)ccc(C2(C(=O)O)CC2)c1F. The molecule has 0 heterocycles. The van der Waals surface area contributed by atoms with Gasteiger partial charge in [-0.25, -0.2) is 8.78 Å². The van der Waals surface area contributed by atoms with Crippen molar-refractivity contribution in [3.05, 3.63) is 29.3 Å². The topological polar surface area (TPSA) is 37.3 Å². The van der Waals surface area contributed by atoms with Gasteiger partial charge in [0.1, 0.15) is 11.6 Å². The molecule has 2 nitrogen and oxygen atoms in total. The molecule has 0 bridgehead atoms. The van der Waals surface area contributed by atoms with Crippen molar-refractivity contribution < 1.29 is 18.7 Å². The van der Waals surface area contributed by atoms with Crippen molar-refractivity contribution in [1.29, 1.82) is 0 Å². The Kier molecular flexibility index (Phi) is 2.66. The van der Waals surface area contributed by atoms with Gasteiger partial charge in [-0.1, -0.05) is 6.07 Å². The van der Waals surface area contributed by atoms with Crippen LogP contribution < -0.4 is 0 Å². The Bertz CT molecular complexity index is 456. The lowest BCUT2D eigenvalue weighted by molar-refractivity contribution is -0.140. The Labute approximate surface area is 95.7 Å². The molecule has 1 aliphatic carbocycles. The summed E-state index contributed by atoms with van der Waals surface area (Å²) in [6, 6.07) is 2.37. The lowest BCUT2D eigenvalue weighted by Gasteiger charge is -2.13. The van der Waals surface area contributed by atoms with E-state index in [1.165, 1.54) is 6.07 Å². The van der Waals surface area contributed by atoms with E-state index in [-0.39, 0.29) is 10.5 Å². The van der Waals surface area contributed by atoms with E-state index in [1.807, 2.05) is 0 Å². The molecule has 1 aliphatic rings. The van der Waals surface area contributed by atoms with Gasteiger partial charge in [-0.05, 0) is 25.2 Å². The second kappa shape index (κ2) is 3.73. The fourth-order valence-corrected chi connectivity index (χ4v) is 2.36. The number of halogens is 2. The third-order valence-corrected chi connectivity index (χ3v) is 3.71. The summed E-state index contributed by atoms with van der Waals surface area (Å²) in [6.07, 6.45) is 2.39. The van der Waals surface area contributed by atoms with Gasteiger partial charge in [0.15, 0.2) is 0 Å². The maximum Gasteiger partial charge on any atom is 0.314 e. The minimum atomic E-state index is -1.12. The normalized spacial score (nSPS) is 17.2. The highest BCUT2D eigenvalue weighted by Crippen LogP contribution is 2.50. The monoisotopic (exact) mass is 244 g/mol. The van der Waals surface area contributed by atoms with E-state index >= 15 is 0 Å². The van der Waals surface area contributed by atoms with Gasteiger partial charge >= 0.3 is 5.97 Å². The highest BCUT2D eigenvalue weighted by molar-refractivity contribution is 7.98. The van der Waals surface area contributed by atoms with E-state index in [4.69, 9.17) is 5.11 Å². The number of rotatable bonds is 3. The summed E-state index contributed by atoms with van der Waals surface area (Å²) in [5, 5.41) is 9.05. The summed E-state index contributed by atoms with van der Waals surface area (Å²) in [7, 11) is 0. The van der Waals surface area contributed by atoms with Crippen LogP contribution in [-0.4, -0.2) is 17.3 Å². The zero-order valence-electron chi connectivity index (χ0n) is 8.59. The van der Waals surface area contributed by atoms with Crippen LogP contribution in [0, 0.1) is 11.6 Å². The maximum absolute atomic E-state index is 13.9. The van der Waals surface area contributed by atoms with E-state index in [9.17, 15) is 13.6 Å². The first-order valence-electron chi connectivity index (χ1n) is 4.79. The molecule has 1 fully saturated rings. The number of aliphatic carboxylic acids is 1. The average molecular weight is 244 g/mol. The molecule has 2 rings (SSSR count). The molecular formula is C11H10F2O2S. The molecule has 5 heteroatoms. The van der Waals surface area contributed by atoms with E-state index in [1.54, 1.807) is 6.26 Å². The quantitative estimate of drug-likeness (QED) is 0.831. The van der Waals surface area contributed by atoms with E-state index in [2.05, 4.69) is 0 Å². The summed E-state index contributed by atoms with van der Waals surface area (Å²) >= 11 is 0.949. The number of hydrogen-bond donors (Lipinski definition) is 1. The third-order valence-electron chi connectivity index (χ3n) is 2.93. The smallest absolute Gasteiger partial charge is 0.314 e. The van der Waals surface area contributed by atoms with Crippen LogP contribution >= 0.6 is 11.8 Å². The predicted molar refractivity (Wildman–Crippen MR) is 56.7 cm³/mol. The Hall–Kier alpha value is -1.10. The van der Waals surface area contributed by atoms with Gasteiger partial charge in [0.25, 0.3) is 0 Å². The van der Waals surface area contributed by atoms with Gasteiger partial charge in [-0.3, -0.25) is 4.79 Å². The van der Waals surface area contributed by atoms with Crippen molar-refractivity contribution in [2.75, 3.05) is 6.26 Å². The first-order chi connectivity index (χ1) is 7.53. The summed E-state index contributed by atoms with van der Waals surface area (Å²) in [4.78, 5) is 10.9. The molecule has 0 atom stereocenters. The number of carboxylic acids is 1. The molecule has 1 aromatic carbocycles. The van der Waals surface area contributed by atoms with Gasteiger partial charge in [0, 0.05) is 5.56 Å². The molecule has 0 radical (unpaired) electrons. The predicted octanol–water partition coefficient (Wildman–Crippen LogP) is 2.80. The summed E-state index contributed by atoms with van der Waals surface area (Å²) in [6.45, 7) is 0. The van der Waals surface area contributed by atoms with Gasteiger partial charge in [0.05, 0.1) is 10.3 Å². The Balaban J connectivity index is 2.55. The standard InChI is InChI=1S/C11H10F2O2S/c1-16-9-7(12)3-2-6(8(9)13)11(4-5-11)10(14)15/h2-3H,4-5H2,1H3,(H,14,15). The zero-order valence-corrected chi connectivity index (χ0v) is 9.41. The number of benzene rings is 1. The minimum absolute atomic E-state index is 0.103. The van der Waals surface area contributed by atoms with E-state index in [0.29, 0.717) is 12.8 Å². The molecule has 1 aromatic rings. The summed E-state index contributed by atoms with van der Waals surface area (Å²) < 4.78 is 27.1. The highest BCUT2D eigenvalue weighted by Gasteiger charge is 2.53. The maximum atomic E-state index is 13.9.